The number of fused-ring (bicyclic) bond motifs is 6. The lowest BCUT2D eigenvalue weighted by atomic mass is 10.0. The van der Waals surface area contributed by atoms with Gasteiger partial charge in [0, 0.05) is 32.9 Å². The molecular weight excluding hydrogens is 524 g/mol. The molecule has 0 unspecified atom stereocenters. The minimum Gasteiger partial charge on any atom is -0.309 e. The molecule has 0 aliphatic carbocycles. The highest BCUT2D eigenvalue weighted by molar-refractivity contribution is 6.12. The Bertz CT molecular complexity index is 2480. The predicted molar refractivity (Wildman–Crippen MR) is 176 cm³/mol. The molecule has 0 spiro atoms. The number of rotatable bonds is 3. The van der Waals surface area contributed by atoms with Gasteiger partial charge in [-0.25, -0.2) is 4.85 Å². The van der Waals surface area contributed by atoms with Crippen LogP contribution in [0.3, 0.4) is 0 Å². The van der Waals surface area contributed by atoms with Crippen molar-refractivity contribution < 1.29 is 0 Å². The molecule has 2 aromatic heterocycles. The van der Waals surface area contributed by atoms with Gasteiger partial charge in [0.1, 0.15) is 0 Å². The molecule has 0 radical (unpaired) electrons. The van der Waals surface area contributed by atoms with Gasteiger partial charge in [-0.3, -0.25) is 0 Å². The lowest BCUT2D eigenvalue weighted by molar-refractivity contribution is 1.14. The topological polar surface area (TPSA) is 38.0 Å². The van der Waals surface area contributed by atoms with Gasteiger partial charge < -0.3 is 9.13 Å². The Kier molecular flexibility index (Phi) is 5.44. The third kappa shape index (κ3) is 3.61. The highest BCUT2D eigenvalue weighted by Gasteiger charge is 2.18. The van der Waals surface area contributed by atoms with Gasteiger partial charge in [0.25, 0.3) is 0 Å². The number of hydrogen-bond acceptors (Lipinski definition) is 1. The molecular formula is C39H24N4. The van der Waals surface area contributed by atoms with Gasteiger partial charge in [-0.15, -0.1) is 0 Å². The van der Waals surface area contributed by atoms with E-state index < -0.39 is 0 Å². The van der Waals surface area contributed by atoms with Crippen LogP contribution < -0.4 is 0 Å². The molecule has 43 heavy (non-hydrogen) atoms. The highest BCUT2D eigenvalue weighted by atomic mass is 15.0. The third-order valence-corrected chi connectivity index (χ3v) is 8.58. The van der Waals surface area contributed by atoms with Gasteiger partial charge in [0.05, 0.1) is 40.3 Å². The van der Waals surface area contributed by atoms with E-state index in [9.17, 15) is 5.26 Å². The molecule has 0 fully saturated rings. The maximum absolute atomic E-state index is 9.85. The van der Waals surface area contributed by atoms with Gasteiger partial charge in [-0.05, 0) is 72.1 Å². The van der Waals surface area contributed by atoms with Crippen molar-refractivity contribution in [3.63, 3.8) is 0 Å². The third-order valence-electron chi connectivity index (χ3n) is 8.58. The number of benzene rings is 6. The molecule has 0 atom stereocenters. The molecule has 0 saturated carbocycles. The second-order valence-electron chi connectivity index (χ2n) is 10.8. The van der Waals surface area contributed by atoms with Crippen molar-refractivity contribution in [1.29, 1.82) is 5.26 Å². The fourth-order valence-corrected chi connectivity index (χ4v) is 6.58. The summed E-state index contributed by atoms with van der Waals surface area (Å²) in [5, 5.41) is 14.6. The normalized spacial score (nSPS) is 11.3. The van der Waals surface area contributed by atoms with Gasteiger partial charge in [-0.1, -0.05) is 78.9 Å². The average Bonchev–Trinajstić information content (AvgIpc) is 3.57. The van der Waals surface area contributed by atoms with Crippen LogP contribution in [0.5, 0.6) is 0 Å². The zero-order chi connectivity index (χ0) is 29.1. The Labute approximate surface area is 248 Å². The first-order chi connectivity index (χ1) is 21.2. The molecule has 0 bridgehead atoms. The van der Waals surface area contributed by atoms with Crippen molar-refractivity contribution in [3.8, 4) is 28.6 Å². The quantitative estimate of drug-likeness (QED) is 0.202. The summed E-state index contributed by atoms with van der Waals surface area (Å²) >= 11 is 0. The first kappa shape index (κ1) is 24.7. The smallest absolute Gasteiger partial charge is 0.205 e. The largest absolute Gasteiger partial charge is 0.309 e. The predicted octanol–water partition coefficient (Wildman–Crippen LogP) is 10.3. The maximum atomic E-state index is 9.85. The minimum absolute atomic E-state index is 0.384. The summed E-state index contributed by atoms with van der Waals surface area (Å²) in [7, 11) is 0. The number of nitriles is 1. The molecule has 4 heteroatoms. The summed E-state index contributed by atoms with van der Waals surface area (Å²) in [5.41, 5.74) is 10.5. The molecule has 2 heterocycles. The molecule has 0 saturated heterocycles. The van der Waals surface area contributed by atoms with E-state index in [1.54, 1.807) is 6.07 Å². The van der Waals surface area contributed by atoms with E-state index in [4.69, 9.17) is 6.57 Å². The van der Waals surface area contributed by atoms with Crippen molar-refractivity contribution in [3.05, 3.63) is 150 Å². The fraction of sp³-hybridized carbons (Fsp3) is 0.0256. The van der Waals surface area contributed by atoms with E-state index in [0.29, 0.717) is 11.3 Å². The summed E-state index contributed by atoms with van der Waals surface area (Å²) in [4.78, 5) is 3.57. The van der Waals surface area contributed by atoms with Crippen molar-refractivity contribution >= 4 is 49.3 Å². The second kappa shape index (κ2) is 9.48. The van der Waals surface area contributed by atoms with E-state index in [-0.39, 0.29) is 0 Å². The first-order valence-corrected chi connectivity index (χ1v) is 14.2. The molecule has 0 amide bonds. The van der Waals surface area contributed by atoms with Crippen molar-refractivity contribution in [2.24, 2.45) is 0 Å². The standard InChI is InChI=1S/C39H24N4/c1-25-33(24-40)34(41-2)19-21-35(25)43-37-15-9-7-13-30(37)32-22-26(17-20-38(32)43)27-16-18-31-29-12-6-8-14-36(29)42(39(31)23-27)28-10-4-3-5-11-28/h3-23H,1H3. The zero-order valence-corrected chi connectivity index (χ0v) is 23.4. The Morgan fingerprint density at radius 3 is 1.93 bits per heavy atom. The van der Waals surface area contributed by atoms with E-state index in [1.807, 2.05) is 19.1 Å². The average molecular weight is 549 g/mol. The van der Waals surface area contributed by atoms with Crippen molar-refractivity contribution in [2.45, 2.75) is 6.92 Å². The zero-order valence-electron chi connectivity index (χ0n) is 23.4. The van der Waals surface area contributed by atoms with E-state index in [1.165, 1.54) is 21.8 Å². The van der Waals surface area contributed by atoms with Crippen LogP contribution in [0.2, 0.25) is 0 Å². The monoisotopic (exact) mass is 548 g/mol. The van der Waals surface area contributed by atoms with E-state index >= 15 is 0 Å². The van der Waals surface area contributed by atoms with Gasteiger partial charge in [0.2, 0.25) is 5.69 Å². The molecule has 6 aromatic carbocycles. The second-order valence-corrected chi connectivity index (χ2v) is 10.8. The lowest BCUT2D eigenvalue weighted by Gasteiger charge is -2.13. The SMILES string of the molecule is [C-]#[N+]c1ccc(-n2c3ccccc3c3cc(-c4ccc5c6ccccc6n(-c6ccccc6)c5c4)ccc32)c(C)c1C#N. The van der Waals surface area contributed by atoms with Crippen LogP contribution in [0.4, 0.5) is 5.69 Å². The Morgan fingerprint density at radius 2 is 1.19 bits per heavy atom. The van der Waals surface area contributed by atoms with E-state index in [0.717, 1.165) is 49.9 Å². The molecule has 200 valence electrons. The van der Waals surface area contributed by atoms with Crippen LogP contribution >= 0.6 is 0 Å². The molecule has 0 N–H and O–H groups in total. The van der Waals surface area contributed by atoms with Crippen LogP contribution in [0, 0.1) is 24.8 Å². The summed E-state index contributed by atoms with van der Waals surface area (Å²) in [6.07, 6.45) is 0. The minimum atomic E-state index is 0.384. The summed E-state index contributed by atoms with van der Waals surface area (Å²) in [6, 6.07) is 46.9. The summed E-state index contributed by atoms with van der Waals surface area (Å²) in [6.45, 7) is 9.44. The number of aromatic nitrogens is 2. The molecule has 8 aromatic rings. The van der Waals surface area contributed by atoms with Crippen LogP contribution in [-0.4, -0.2) is 9.13 Å². The van der Waals surface area contributed by atoms with E-state index in [2.05, 4.69) is 129 Å². The Morgan fingerprint density at radius 1 is 0.581 bits per heavy atom. The molecule has 4 nitrogen and oxygen atoms in total. The summed E-state index contributed by atoms with van der Waals surface area (Å²) < 4.78 is 4.57. The van der Waals surface area contributed by atoms with Gasteiger partial charge >= 0.3 is 0 Å². The first-order valence-electron chi connectivity index (χ1n) is 14.2. The van der Waals surface area contributed by atoms with Crippen molar-refractivity contribution in [1.82, 2.24) is 9.13 Å². The van der Waals surface area contributed by atoms with Gasteiger partial charge in [0.15, 0.2) is 0 Å². The van der Waals surface area contributed by atoms with Crippen molar-refractivity contribution in [2.75, 3.05) is 0 Å². The molecule has 8 rings (SSSR count). The lowest BCUT2D eigenvalue weighted by Crippen LogP contribution is -1.99. The van der Waals surface area contributed by atoms with Crippen LogP contribution in [0.25, 0.3) is 71.0 Å². The molecule has 0 aliphatic heterocycles. The fourth-order valence-electron chi connectivity index (χ4n) is 6.58. The number of hydrogen-bond donors (Lipinski definition) is 0. The molecule has 0 aliphatic rings. The van der Waals surface area contributed by atoms with Gasteiger partial charge in [-0.2, -0.15) is 5.26 Å². The number of para-hydroxylation sites is 3. The summed E-state index contributed by atoms with van der Waals surface area (Å²) in [5.74, 6) is 0. The Hall–Kier alpha value is -6.10. The highest BCUT2D eigenvalue weighted by Crippen LogP contribution is 2.39. The van der Waals surface area contributed by atoms with Crippen LogP contribution in [0.15, 0.2) is 127 Å². The Balaban J connectivity index is 1.37. The van der Waals surface area contributed by atoms with Crippen LogP contribution in [0.1, 0.15) is 11.1 Å². The van der Waals surface area contributed by atoms with Crippen LogP contribution in [-0.2, 0) is 0 Å². The number of nitrogens with zero attached hydrogens (tertiary/aromatic N) is 4. The maximum Gasteiger partial charge on any atom is 0.205 e.